The van der Waals surface area contributed by atoms with E-state index in [1.54, 1.807) is 0 Å². The third kappa shape index (κ3) is 4.02. The molecule has 1 unspecified atom stereocenters. The van der Waals surface area contributed by atoms with Gasteiger partial charge in [-0.25, -0.2) is 0 Å². The lowest BCUT2D eigenvalue weighted by Crippen LogP contribution is -2.38. The van der Waals surface area contributed by atoms with Gasteiger partial charge in [-0.1, -0.05) is 37.3 Å². The zero-order valence-electron chi connectivity index (χ0n) is 9.82. The maximum absolute atomic E-state index is 5.72. The van der Waals surface area contributed by atoms with E-state index in [-0.39, 0.29) is 0 Å². The summed E-state index contributed by atoms with van der Waals surface area (Å²) in [6.07, 6.45) is 1.18. The summed E-state index contributed by atoms with van der Waals surface area (Å²) in [5.41, 5.74) is 7.08. The minimum absolute atomic E-state index is 0.463. The third-order valence-electron chi connectivity index (χ3n) is 2.70. The van der Waals surface area contributed by atoms with Crippen molar-refractivity contribution in [3.05, 3.63) is 35.9 Å². The minimum atomic E-state index is 0.463. The van der Waals surface area contributed by atoms with Gasteiger partial charge in [0.05, 0.1) is 0 Å². The Morgan fingerprint density at radius 1 is 1.27 bits per heavy atom. The van der Waals surface area contributed by atoms with Crippen molar-refractivity contribution < 1.29 is 0 Å². The van der Waals surface area contributed by atoms with Crippen LogP contribution in [0.2, 0.25) is 0 Å². The molecule has 0 fully saturated rings. The molecule has 0 heterocycles. The Labute approximate surface area is 93.1 Å². The van der Waals surface area contributed by atoms with Gasteiger partial charge in [0.2, 0.25) is 0 Å². The molecule has 2 nitrogen and oxygen atoms in total. The summed E-state index contributed by atoms with van der Waals surface area (Å²) in [5, 5.41) is 0. The molecular formula is C13H22N2. The molecule has 1 atom stereocenters. The lowest BCUT2D eigenvalue weighted by molar-refractivity contribution is 0.204. The van der Waals surface area contributed by atoms with Crippen molar-refractivity contribution in [1.29, 1.82) is 0 Å². The molecule has 1 aromatic carbocycles. The van der Waals surface area contributed by atoms with Crippen molar-refractivity contribution in [1.82, 2.24) is 4.90 Å². The van der Waals surface area contributed by atoms with Crippen molar-refractivity contribution in [2.75, 3.05) is 13.1 Å². The van der Waals surface area contributed by atoms with Crippen LogP contribution in [0.3, 0.4) is 0 Å². The highest BCUT2D eigenvalue weighted by atomic mass is 15.2. The zero-order chi connectivity index (χ0) is 11.1. The minimum Gasteiger partial charge on any atom is -0.329 e. The SMILES string of the molecule is CCCN(Cc1ccccc1)C(C)CN. The molecule has 0 saturated heterocycles. The number of nitrogens with two attached hydrogens (primary N) is 1. The van der Waals surface area contributed by atoms with Crippen LogP contribution in [0.5, 0.6) is 0 Å². The molecular weight excluding hydrogens is 184 g/mol. The van der Waals surface area contributed by atoms with E-state index in [2.05, 4.69) is 49.1 Å². The van der Waals surface area contributed by atoms with Gasteiger partial charge in [-0.05, 0) is 25.5 Å². The van der Waals surface area contributed by atoms with Crippen molar-refractivity contribution in [3.63, 3.8) is 0 Å². The second kappa shape index (κ2) is 6.59. The van der Waals surface area contributed by atoms with Crippen LogP contribution in [0.25, 0.3) is 0 Å². The molecule has 2 heteroatoms. The van der Waals surface area contributed by atoms with Crippen molar-refractivity contribution in [2.24, 2.45) is 5.73 Å². The predicted molar refractivity (Wildman–Crippen MR) is 65.7 cm³/mol. The number of hydrogen-bond acceptors (Lipinski definition) is 2. The van der Waals surface area contributed by atoms with Crippen LogP contribution in [-0.4, -0.2) is 24.0 Å². The van der Waals surface area contributed by atoms with E-state index in [1.165, 1.54) is 12.0 Å². The summed E-state index contributed by atoms with van der Waals surface area (Å²) in [6.45, 7) is 7.26. The summed E-state index contributed by atoms with van der Waals surface area (Å²) in [4.78, 5) is 2.44. The summed E-state index contributed by atoms with van der Waals surface area (Å²) >= 11 is 0. The van der Waals surface area contributed by atoms with Crippen molar-refractivity contribution >= 4 is 0 Å². The standard InChI is InChI=1S/C13H22N2/c1-3-9-15(12(2)10-14)11-13-7-5-4-6-8-13/h4-8,12H,3,9-11,14H2,1-2H3. The molecule has 0 saturated carbocycles. The van der Waals surface area contributed by atoms with Gasteiger partial charge in [0.25, 0.3) is 0 Å². The third-order valence-corrected chi connectivity index (χ3v) is 2.70. The number of benzene rings is 1. The molecule has 0 aliphatic rings. The monoisotopic (exact) mass is 206 g/mol. The fraction of sp³-hybridized carbons (Fsp3) is 0.538. The fourth-order valence-corrected chi connectivity index (χ4v) is 1.71. The Morgan fingerprint density at radius 2 is 1.93 bits per heavy atom. The molecule has 0 aliphatic carbocycles. The number of hydrogen-bond donors (Lipinski definition) is 1. The van der Waals surface area contributed by atoms with Gasteiger partial charge in [0, 0.05) is 19.1 Å². The number of rotatable bonds is 6. The van der Waals surface area contributed by atoms with Crippen LogP contribution < -0.4 is 5.73 Å². The topological polar surface area (TPSA) is 29.3 Å². The highest BCUT2D eigenvalue weighted by Gasteiger charge is 2.11. The van der Waals surface area contributed by atoms with Crippen molar-refractivity contribution in [3.8, 4) is 0 Å². The van der Waals surface area contributed by atoms with Crippen LogP contribution in [0.4, 0.5) is 0 Å². The lowest BCUT2D eigenvalue weighted by atomic mass is 10.1. The van der Waals surface area contributed by atoms with Crippen LogP contribution in [0, 0.1) is 0 Å². The Kier molecular flexibility index (Phi) is 5.37. The van der Waals surface area contributed by atoms with Gasteiger partial charge in [-0.2, -0.15) is 0 Å². The van der Waals surface area contributed by atoms with E-state index in [4.69, 9.17) is 5.73 Å². The quantitative estimate of drug-likeness (QED) is 0.773. The maximum atomic E-state index is 5.72. The molecule has 0 bridgehead atoms. The maximum Gasteiger partial charge on any atom is 0.0237 e. The highest BCUT2D eigenvalue weighted by molar-refractivity contribution is 5.14. The average Bonchev–Trinajstić information content (AvgIpc) is 2.29. The van der Waals surface area contributed by atoms with E-state index >= 15 is 0 Å². The van der Waals surface area contributed by atoms with E-state index in [0.29, 0.717) is 6.04 Å². The van der Waals surface area contributed by atoms with Gasteiger partial charge in [-0.15, -0.1) is 0 Å². The summed E-state index contributed by atoms with van der Waals surface area (Å²) < 4.78 is 0. The normalized spacial score (nSPS) is 13.1. The van der Waals surface area contributed by atoms with Crippen LogP contribution in [0.1, 0.15) is 25.8 Å². The lowest BCUT2D eigenvalue weighted by Gasteiger charge is -2.27. The molecule has 0 spiro atoms. The first-order valence-corrected chi connectivity index (χ1v) is 5.76. The second-order valence-electron chi connectivity index (χ2n) is 4.04. The Balaban J connectivity index is 2.58. The molecule has 1 rings (SSSR count). The number of nitrogens with zero attached hydrogens (tertiary/aromatic N) is 1. The Morgan fingerprint density at radius 3 is 2.47 bits per heavy atom. The average molecular weight is 206 g/mol. The Hall–Kier alpha value is -0.860. The molecule has 0 aromatic heterocycles. The van der Waals surface area contributed by atoms with Crippen LogP contribution in [-0.2, 0) is 6.54 Å². The smallest absolute Gasteiger partial charge is 0.0237 e. The molecule has 84 valence electrons. The summed E-state index contributed by atoms with van der Waals surface area (Å²) in [7, 11) is 0. The highest BCUT2D eigenvalue weighted by Crippen LogP contribution is 2.08. The fourth-order valence-electron chi connectivity index (χ4n) is 1.71. The van der Waals surface area contributed by atoms with Gasteiger partial charge < -0.3 is 5.73 Å². The van der Waals surface area contributed by atoms with E-state index in [9.17, 15) is 0 Å². The first kappa shape index (κ1) is 12.2. The predicted octanol–water partition coefficient (Wildman–Crippen LogP) is 2.25. The van der Waals surface area contributed by atoms with Crippen LogP contribution in [0.15, 0.2) is 30.3 Å². The van der Waals surface area contributed by atoms with E-state index < -0.39 is 0 Å². The zero-order valence-corrected chi connectivity index (χ0v) is 9.82. The second-order valence-corrected chi connectivity index (χ2v) is 4.04. The largest absolute Gasteiger partial charge is 0.329 e. The molecule has 1 aromatic rings. The molecule has 2 N–H and O–H groups in total. The van der Waals surface area contributed by atoms with E-state index in [1.807, 2.05) is 0 Å². The van der Waals surface area contributed by atoms with Gasteiger partial charge in [-0.3, -0.25) is 4.90 Å². The molecule has 0 aliphatic heterocycles. The van der Waals surface area contributed by atoms with Crippen molar-refractivity contribution in [2.45, 2.75) is 32.9 Å². The molecule has 0 amide bonds. The first-order valence-electron chi connectivity index (χ1n) is 5.76. The van der Waals surface area contributed by atoms with Gasteiger partial charge in [0.15, 0.2) is 0 Å². The summed E-state index contributed by atoms with van der Waals surface area (Å²) in [6, 6.07) is 11.0. The van der Waals surface area contributed by atoms with E-state index in [0.717, 1.165) is 19.6 Å². The van der Waals surface area contributed by atoms with Crippen LogP contribution >= 0.6 is 0 Å². The summed E-state index contributed by atoms with van der Waals surface area (Å²) in [5.74, 6) is 0. The van der Waals surface area contributed by atoms with Gasteiger partial charge >= 0.3 is 0 Å². The molecule has 0 radical (unpaired) electrons. The first-order chi connectivity index (χ1) is 7.27. The molecule has 15 heavy (non-hydrogen) atoms. The Bertz CT molecular complexity index is 258. The van der Waals surface area contributed by atoms with Gasteiger partial charge in [0.1, 0.15) is 0 Å².